The molecule has 1 aromatic carbocycles. The number of carbonyl (C=O) groups is 2. The molecule has 1 atom stereocenters. The lowest BCUT2D eigenvalue weighted by Crippen LogP contribution is -2.37. The van der Waals surface area contributed by atoms with Gasteiger partial charge in [0.25, 0.3) is 0 Å². The third-order valence-corrected chi connectivity index (χ3v) is 4.43. The number of nitrogens with one attached hydrogen (secondary N) is 2. The van der Waals surface area contributed by atoms with Gasteiger partial charge in [-0.15, -0.1) is 11.3 Å². The molecule has 0 radical (unpaired) electrons. The second-order valence-corrected chi connectivity index (χ2v) is 6.02. The normalized spacial score (nSPS) is 11.9. The summed E-state index contributed by atoms with van der Waals surface area (Å²) in [6, 6.07) is 11.0. The topological polar surface area (TPSA) is 91.3 Å². The van der Waals surface area contributed by atoms with Gasteiger partial charge in [-0.25, -0.2) is 0 Å². The number of amides is 2. The minimum atomic E-state index is -0.878. The molecule has 24 heavy (non-hydrogen) atoms. The molecule has 122 valence electrons. The first kappa shape index (κ1) is 16.1. The molecule has 0 saturated carbocycles. The van der Waals surface area contributed by atoms with Crippen molar-refractivity contribution >= 4 is 38.9 Å². The number of aliphatic hydroxyl groups excluding tert-OH is 1. The van der Waals surface area contributed by atoms with Crippen LogP contribution in [0.15, 0.2) is 54.2 Å². The highest BCUT2D eigenvalue weighted by atomic mass is 32.1. The maximum atomic E-state index is 11.8. The maximum Gasteiger partial charge on any atom is 0.313 e. The predicted molar refractivity (Wildman–Crippen MR) is 92.7 cm³/mol. The van der Waals surface area contributed by atoms with Gasteiger partial charge in [0.2, 0.25) is 0 Å². The summed E-state index contributed by atoms with van der Waals surface area (Å²) < 4.78 is 1.06. The van der Waals surface area contributed by atoms with Crippen LogP contribution < -0.4 is 10.6 Å². The van der Waals surface area contributed by atoms with Gasteiger partial charge in [-0.3, -0.25) is 14.6 Å². The Morgan fingerprint density at radius 3 is 2.79 bits per heavy atom. The van der Waals surface area contributed by atoms with Crippen molar-refractivity contribution < 1.29 is 14.7 Å². The van der Waals surface area contributed by atoms with Crippen molar-refractivity contribution in [1.29, 1.82) is 0 Å². The second kappa shape index (κ2) is 7.20. The molecule has 0 aliphatic heterocycles. The summed E-state index contributed by atoms with van der Waals surface area (Å²) in [5, 5.41) is 18.0. The number of rotatable bonds is 4. The lowest BCUT2D eigenvalue weighted by atomic mass is 10.1. The van der Waals surface area contributed by atoms with Crippen LogP contribution in [0.2, 0.25) is 0 Å². The molecule has 3 rings (SSSR count). The highest BCUT2D eigenvalue weighted by molar-refractivity contribution is 7.17. The molecular formula is C17H15N3O3S. The van der Waals surface area contributed by atoms with Gasteiger partial charge in [-0.2, -0.15) is 0 Å². The number of hydrogen-bond acceptors (Lipinski definition) is 5. The van der Waals surface area contributed by atoms with Crippen molar-refractivity contribution in [1.82, 2.24) is 10.3 Å². The van der Waals surface area contributed by atoms with Gasteiger partial charge in [0, 0.05) is 23.0 Å². The summed E-state index contributed by atoms with van der Waals surface area (Å²) in [5.41, 5.74) is 1.17. The van der Waals surface area contributed by atoms with E-state index in [9.17, 15) is 14.7 Å². The molecule has 6 nitrogen and oxygen atoms in total. The zero-order valence-electron chi connectivity index (χ0n) is 12.6. The fourth-order valence-corrected chi connectivity index (χ4v) is 3.27. The lowest BCUT2D eigenvalue weighted by Gasteiger charge is -2.11. The molecule has 0 spiro atoms. The summed E-state index contributed by atoms with van der Waals surface area (Å²) in [4.78, 5) is 27.5. The zero-order valence-corrected chi connectivity index (χ0v) is 13.4. The van der Waals surface area contributed by atoms with Crippen LogP contribution in [0.3, 0.4) is 0 Å². The first-order valence-corrected chi connectivity index (χ1v) is 8.16. The van der Waals surface area contributed by atoms with Crippen molar-refractivity contribution in [3.63, 3.8) is 0 Å². The van der Waals surface area contributed by atoms with Gasteiger partial charge in [0.1, 0.15) is 0 Å². The van der Waals surface area contributed by atoms with E-state index in [0.717, 1.165) is 15.6 Å². The molecular weight excluding hydrogens is 326 g/mol. The fourth-order valence-electron chi connectivity index (χ4n) is 2.26. The predicted octanol–water partition coefficient (Wildman–Crippen LogP) is 2.08. The molecule has 2 heterocycles. The van der Waals surface area contributed by atoms with Crippen molar-refractivity contribution in [2.45, 2.75) is 6.10 Å². The van der Waals surface area contributed by atoms with E-state index in [2.05, 4.69) is 15.6 Å². The fraction of sp³-hybridized carbons (Fsp3) is 0.118. The van der Waals surface area contributed by atoms with Crippen molar-refractivity contribution in [3.8, 4) is 0 Å². The van der Waals surface area contributed by atoms with Gasteiger partial charge in [-0.1, -0.05) is 18.2 Å². The molecule has 0 aliphatic carbocycles. The van der Waals surface area contributed by atoms with Crippen LogP contribution in [0, 0.1) is 0 Å². The van der Waals surface area contributed by atoms with Crippen molar-refractivity contribution in [2.24, 2.45) is 0 Å². The largest absolute Gasteiger partial charge is 0.387 e. The van der Waals surface area contributed by atoms with Gasteiger partial charge >= 0.3 is 11.8 Å². The van der Waals surface area contributed by atoms with Crippen LogP contribution >= 0.6 is 11.3 Å². The standard InChI is InChI=1S/C17H15N3O3S/c21-14(13-10-24-15-6-2-1-5-12(13)15)9-19-16(22)17(23)20-11-4-3-7-18-8-11/h1-8,10,14,21H,9H2,(H,19,22)(H,20,23). The molecule has 0 bridgehead atoms. The molecule has 3 N–H and O–H groups in total. The number of benzene rings is 1. The molecule has 2 aromatic heterocycles. The van der Waals surface area contributed by atoms with E-state index in [1.165, 1.54) is 17.5 Å². The zero-order chi connectivity index (χ0) is 16.9. The van der Waals surface area contributed by atoms with E-state index in [-0.39, 0.29) is 6.54 Å². The minimum Gasteiger partial charge on any atom is -0.387 e. The first-order chi connectivity index (χ1) is 11.6. The third kappa shape index (κ3) is 3.58. The van der Waals surface area contributed by atoms with E-state index < -0.39 is 17.9 Å². The summed E-state index contributed by atoms with van der Waals surface area (Å²) >= 11 is 1.53. The summed E-state index contributed by atoms with van der Waals surface area (Å²) in [7, 11) is 0. The number of anilines is 1. The molecule has 2 amide bonds. The Labute approximate surface area is 142 Å². The number of hydrogen-bond donors (Lipinski definition) is 3. The quantitative estimate of drug-likeness (QED) is 0.634. The van der Waals surface area contributed by atoms with Crippen molar-refractivity contribution in [2.75, 3.05) is 11.9 Å². The SMILES string of the molecule is O=C(NCC(O)c1csc2ccccc12)C(=O)Nc1cccnc1. The Morgan fingerprint density at radius 1 is 1.17 bits per heavy atom. The van der Waals surface area contributed by atoms with E-state index in [4.69, 9.17) is 0 Å². The molecule has 3 aromatic rings. The van der Waals surface area contributed by atoms with Crippen LogP contribution in [-0.2, 0) is 9.59 Å². The average Bonchev–Trinajstić information content (AvgIpc) is 3.04. The van der Waals surface area contributed by atoms with E-state index in [1.807, 2.05) is 29.6 Å². The van der Waals surface area contributed by atoms with Crippen LogP contribution in [-0.4, -0.2) is 28.4 Å². The molecule has 1 unspecified atom stereocenters. The Morgan fingerprint density at radius 2 is 2.00 bits per heavy atom. The number of thiophene rings is 1. The molecule has 0 aliphatic rings. The van der Waals surface area contributed by atoms with Crippen LogP contribution in [0.4, 0.5) is 5.69 Å². The summed E-state index contributed by atoms with van der Waals surface area (Å²) in [6.45, 7) is -0.0416. The highest BCUT2D eigenvalue weighted by Crippen LogP contribution is 2.29. The van der Waals surface area contributed by atoms with Crippen LogP contribution in [0.1, 0.15) is 11.7 Å². The summed E-state index contributed by atoms with van der Waals surface area (Å²) in [6.07, 6.45) is 2.13. The Hall–Kier alpha value is -2.77. The van der Waals surface area contributed by atoms with Crippen LogP contribution in [0.5, 0.6) is 0 Å². The number of pyridine rings is 1. The number of aromatic nitrogens is 1. The highest BCUT2D eigenvalue weighted by Gasteiger charge is 2.18. The first-order valence-electron chi connectivity index (χ1n) is 7.28. The maximum absolute atomic E-state index is 11.8. The van der Waals surface area contributed by atoms with Gasteiger partial charge in [0.15, 0.2) is 0 Å². The number of nitrogens with zero attached hydrogens (tertiary/aromatic N) is 1. The Balaban J connectivity index is 1.58. The van der Waals surface area contributed by atoms with Gasteiger partial charge < -0.3 is 15.7 Å². The number of fused-ring (bicyclic) bond motifs is 1. The average molecular weight is 341 g/mol. The minimum absolute atomic E-state index is 0.0416. The van der Waals surface area contributed by atoms with E-state index in [0.29, 0.717) is 5.69 Å². The van der Waals surface area contributed by atoms with Gasteiger partial charge in [0.05, 0.1) is 18.0 Å². The Bertz CT molecular complexity index is 864. The monoisotopic (exact) mass is 341 g/mol. The van der Waals surface area contributed by atoms with Crippen molar-refractivity contribution in [3.05, 3.63) is 59.7 Å². The Kier molecular flexibility index (Phi) is 4.83. The molecule has 0 fully saturated rings. The molecule has 7 heteroatoms. The van der Waals surface area contributed by atoms with Crippen LogP contribution in [0.25, 0.3) is 10.1 Å². The third-order valence-electron chi connectivity index (χ3n) is 3.45. The second-order valence-electron chi connectivity index (χ2n) is 5.11. The number of carbonyl (C=O) groups excluding carboxylic acids is 2. The van der Waals surface area contributed by atoms with E-state index >= 15 is 0 Å². The smallest absolute Gasteiger partial charge is 0.313 e. The van der Waals surface area contributed by atoms with E-state index in [1.54, 1.807) is 18.3 Å². The lowest BCUT2D eigenvalue weighted by molar-refractivity contribution is -0.136. The number of aliphatic hydroxyl groups is 1. The van der Waals surface area contributed by atoms with Gasteiger partial charge in [-0.05, 0) is 29.0 Å². The molecule has 0 saturated heterocycles. The summed E-state index contributed by atoms with van der Waals surface area (Å²) in [5.74, 6) is -1.61.